The molecule has 9 nitrogen and oxygen atoms in total. The van der Waals surface area contributed by atoms with Gasteiger partial charge in [0, 0.05) is 14.1 Å². The van der Waals surface area contributed by atoms with Gasteiger partial charge in [0.05, 0.1) is 0 Å². The maximum atomic E-state index is 9.44. The van der Waals surface area contributed by atoms with Crippen LogP contribution in [0.25, 0.3) is 0 Å². The summed E-state index contributed by atoms with van der Waals surface area (Å²) in [7, 11) is -6.86. The molecule has 0 atom stereocenters. The predicted octanol–water partition coefficient (Wildman–Crippen LogP) is -1.69. The van der Waals surface area contributed by atoms with E-state index in [-0.39, 0.29) is 0 Å². The zero-order valence-electron chi connectivity index (χ0n) is 7.18. The van der Waals surface area contributed by atoms with Crippen molar-refractivity contribution in [3.05, 3.63) is 0 Å². The Hall–Kier alpha value is -0.750. The highest BCUT2D eigenvalue weighted by Gasteiger charge is 2.15. The van der Waals surface area contributed by atoms with Crippen LogP contribution >= 0.6 is 0 Å². The van der Waals surface area contributed by atoms with Gasteiger partial charge in [0.2, 0.25) is 6.41 Å². The molecule has 0 aromatic rings. The Balaban J connectivity index is 0. The lowest BCUT2D eigenvalue weighted by Crippen LogP contribution is -2.10. The number of amides is 1. The number of carbonyl (C=O) groups excluding carboxylic acids is 1. The van der Waals surface area contributed by atoms with E-state index in [1.807, 2.05) is 0 Å². The molecule has 14 heavy (non-hydrogen) atoms. The molecule has 0 aliphatic carbocycles. The summed E-state index contributed by atoms with van der Waals surface area (Å²) in [5.74, 6) is 0. The molecule has 0 bridgehead atoms. The van der Waals surface area contributed by atoms with Gasteiger partial charge in [-0.05, 0) is 0 Å². The summed E-state index contributed by atoms with van der Waals surface area (Å²) in [6.45, 7) is 0. The Morgan fingerprint density at radius 3 is 1.29 bits per heavy atom. The number of hydrogen-bond donors (Lipinski definition) is 2. The molecule has 0 saturated carbocycles. The van der Waals surface area contributed by atoms with E-state index >= 15 is 0 Å². The highest BCUT2D eigenvalue weighted by atomic mass is 32.3. The summed E-state index contributed by atoms with van der Waals surface area (Å²) in [4.78, 5) is 10.9. The van der Waals surface area contributed by atoms with E-state index in [0.717, 1.165) is 6.41 Å². The van der Waals surface area contributed by atoms with Crippen molar-refractivity contribution < 1.29 is 34.4 Å². The molecular formula is C3H9NO8S2. The fourth-order valence-electron chi connectivity index (χ4n) is 0.109. The molecule has 0 fully saturated rings. The SMILES string of the molecule is CN(C)C=O.O=S(=O)(O)OS(=O)(=O)O. The molecule has 0 aliphatic heterocycles. The van der Waals surface area contributed by atoms with Gasteiger partial charge in [-0.1, -0.05) is 0 Å². The van der Waals surface area contributed by atoms with Crippen molar-refractivity contribution >= 4 is 27.2 Å². The Morgan fingerprint density at radius 2 is 1.29 bits per heavy atom. The zero-order chi connectivity index (χ0) is 12.0. The van der Waals surface area contributed by atoms with Crippen LogP contribution in [0.5, 0.6) is 0 Å². The molecule has 0 unspecified atom stereocenters. The lowest BCUT2D eigenvalue weighted by molar-refractivity contribution is -0.115. The molecule has 0 aromatic carbocycles. The van der Waals surface area contributed by atoms with E-state index in [4.69, 9.17) is 9.11 Å². The zero-order valence-corrected chi connectivity index (χ0v) is 8.82. The minimum Gasteiger partial charge on any atom is -0.351 e. The summed E-state index contributed by atoms with van der Waals surface area (Å²) in [5.41, 5.74) is 0. The smallest absolute Gasteiger partial charge is 0.351 e. The molecule has 0 aliphatic rings. The maximum Gasteiger partial charge on any atom is 0.413 e. The van der Waals surface area contributed by atoms with E-state index in [9.17, 15) is 21.6 Å². The van der Waals surface area contributed by atoms with E-state index < -0.39 is 20.8 Å². The van der Waals surface area contributed by atoms with Crippen LogP contribution < -0.4 is 0 Å². The highest BCUT2D eigenvalue weighted by molar-refractivity contribution is 7.94. The lowest BCUT2D eigenvalue weighted by Gasteiger charge is -1.93. The number of nitrogens with zero attached hydrogens (tertiary/aromatic N) is 1. The molecule has 11 heteroatoms. The Morgan fingerprint density at radius 1 is 1.07 bits per heavy atom. The molecule has 0 rings (SSSR count). The fourth-order valence-corrected chi connectivity index (χ4v) is 0.978. The number of carbonyl (C=O) groups is 1. The van der Waals surface area contributed by atoms with Gasteiger partial charge in [0.1, 0.15) is 0 Å². The van der Waals surface area contributed by atoms with Crippen molar-refractivity contribution in [3.8, 4) is 0 Å². The van der Waals surface area contributed by atoms with Crippen LogP contribution in [-0.2, 0) is 29.2 Å². The molecule has 86 valence electrons. The fraction of sp³-hybridized carbons (Fsp3) is 0.667. The van der Waals surface area contributed by atoms with E-state index in [1.165, 1.54) is 4.90 Å². The van der Waals surface area contributed by atoms with Crippen LogP contribution in [0.15, 0.2) is 0 Å². The van der Waals surface area contributed by atoms with Crippen molar-refractivity contribution in [1.82, 2.24) is 4.90 Å². The highest BCUT2D eigenvalue weighted by Crippen LogP contribution is 1.91. The first-order valence-electron chi connectivity index (χ1n) is 2.75. The first kappa shape index (κ1) is 15.7. The molecule has 0 saturated heterocycles. The molecule has 0 spiro atoms. The molecule has 0 heterocycles. The van der Waals surface area contributed by atoms with Crippen molar-refractivity contribution in [2.24, 2.45) is 0 Å². The second-order valence-corrected chi connectivity index (χ2v) is 4.25. The number of hydrogen-bond acceptors (Lipinski definition) is 6. The second kappa shape index (κ2) is 5.87. The summed E-state index contributed by atoms with van der Waals surface area (Å²) in [6, 6.07) is 0. The normalized spacial score (nSPS) is 11.1. The van der Waals surface area contributed by atoms with Crippen LogP contribution in [0, 0.1) is 0 Å². The quantitative estimate of drug-likeness (QED) is 0.447. The predicted molar refractivity (Wildman–Crippen MR) is 43.9 cm³/mol. The third kappa shape index (κ3) is 22.5. The van der Waals surface area contributed by atoms with Crippen molar-refractivity contribution in [3.63, 3.8) is 0 Å². The van der Waals surface area contributed by atoms with Gasteiger partial charge in [-0.2, -0.15) is 16.8 Å². The monoisotopic (exact) mass is 251 g/mol. The summed E-state index contributed by atoms with van der Waals surface area (Å²) >= 11 is 0. The Kier molecular flexibility index (Phi) is 6.59. The molecule has 0 aromatic heterocycles. The van der Waals surface area contributed by atoms with Crippen LogP contribution in [0.2, 0.25) is 0 Å². The molecule has 1 amide bonds. The molecule has 2 N–H and O–H groups in total. The average molecular weight is 251 g/mol. The van der Waals surface area contributed by atoms with Crippen molar-refractivity contribution in [2.45, 2.75) is 0 Å². The summed E-state index contributed by atoms with van der Waals surface area (Å²) in [5, 5.41) is 0. The number of rotatable bonds is 3. The summed E-state index contributed by atoms with van der Waals surface area (Å²) < 4.78 is 55.6. The van der Waals surface area contributed by atoms with Gasteiger partial charge in [0.25, 0.3) is 0 Å². The van der Waals surface area contributed by atoms with E-state index in [2.05, 4.69) is 3.63 Å². The topological polar surface area (TPSA) is 138 Å². The van der Waals surface area contributed by atoms with Gasteiger partial charge in [-0.3, -0.25) is 13.9 Å². The molecule has 0 radical (unpaired) electrons. The van der Waals surface area contributed by atoms with E-state index in [0.29, 0.717) is 0 Å². The first-order chi connectivity index (χ1) is 5.98. The first-order valence-corrected chi connectivity index (χ1v) is 5.48. The standard InChI is InChI=1S/C3H7NO.H2O7S2/c1-4(2)3-5;1-8(2,3)7-9(4,5)6/h3H,1-2H3;(H,1,2,3)(H,4,5,6). The summed E-state index contributed by atoms with van der Waals surface area (Å²) in [6.07, 6.45) is 0.750. The van der Waals surface area contributed by atoms with Crippen LogP contribution in [0.3, 0.4) is 0 Å². The Labute approximate surface area is 81.2 Å². The lowest BCUT2D eigenvalue weighted by atomic mass is 11.0. The maximum absolute atomic E-state index is 9.44. The third-order valence-electron chi connectivity index (χ3n) is 0.383. The van der Waals surface area contributed by atoms with Crippen molar-refractivity contribution in [1.29, 1.82) is 0 Å². The van der Waals surface area contributed by atoms with Crippen LogP contribution in [0.1, 0.15) is 0 Å². The van der Waals surface area contributed by atoms with Gasteiger partial charge < -0.3 is 4.90 Å². The van der Waals surface area contributed by atoms with E-state index in [1.54, 1.807) is 14.1 Å². The Bertz CT molecular complexity index is 322. The van der Waals surface area contributed by atoms with Crippen LogP contribution in [0.4, 0.5) is 0 Å². The van der Waals surface area contributed by atoms with Crippen LogP contribution in [-0.4, -0.2) is 51.3 Å². The van der Waals surface area contributed by atoms with Crippen molar-refractivity contribution in [2.75, 3.05) is 14.1 Å². The molecular weight excluding hydrogens is 242 g/mol. The van der Waals surface area contributed by atoms with Gasteiger partial charge in [-0.15, -0.1) is 3.63 Å². The van der Waals surface area contributed by atoms with Gasteiger partial charge in [0.15, 0.2) is 0 Å². The third-order valence-corrected chi connectivity index (χ3v) is 1.76. The van der Waals surface area contributed by atoms with Gasteiger partial charge in [-0.25, -0.2) is 0 Å². The largest absolute Gasteiger partial charge is 0.413 e. The van der Waals surface area contributed by atoms with Gasteiger partial charge >= 0.3 is 20.8 Å². The minimum atomic E-state index is -5.12. The second-order valence-electron chi connectivity index (χ2n) is 1.99. The minimum absolute atomic E-state index is 0.750. The average Bonchev–Trinajstić information content (AvgIpc) is 1.80.